The first-order chi connectivity index (χ1) is 24.9. The summed E-state index contributed by atoms with van der Waals surface area (Å²) in [6.45, 7) is 5.54. The summed E-state index contributed by atoms with van der Waals surface area (Å²) in [6.07, 6.45) is -9.46. The SMILES string of the molecule is CC(C)C1C(O)=C(C(=O)Nc2ccc(C(F)(F)F)cc2-c2cc(C(F)(F)F)ncn2)C(=O)N(Cc2ccc(OCCN3CCOCC3)c(F)c2F)N1C. The number of aliphatic hydroxyl groups is 1. The van der Waals surface area contributed by atoms with Crippen LogP contribution in [0.15, 0.2) is 54.1 Å². The van der Waals surface area contributed by atoms with Crippen LogP contribution < -0.4 is 10.1 Å². The molecule has 53 heavy (non-hydrogen) atoms. The van der Waals surface area contributed by atoms with Gasteiger partial charge in [0.05, 0.1) is 42.7 Å². The Bertz CT molecular complexity index is 1880. The number of carbonyl (C=O) groups is 2. The lowest BCUT2D eigenvalue weighted by atomic mass is 9.95. The average molecular weight is 759 g/mol. The van der Waals surface area contributed by atoms with Gasteiger partial charge in [0.2, 0.25) is 5.82 Å². The Balaban J connectivity index is 1.44. The number of nitrogens with zero attached hydrogens (tertiary/aromatic N) is 5. The normalized spacial score (nSPS) is 17.8. The summed E-state index contributed by atoms with van der Waals surface area (Å²) in [5, 5.41) is 15.5. The second-order valence-electron chi connectivity index (χ2n) is 12.5. The van der Waals surface area contributed by atoms with E-state index in [1.807, 2.05) is 4.90 Å². The molecule has 11 nitrogen and oxygen atoms in total. The number of rotatable bonds is 10. The first-order valence-corrected chi connectivity index (χ1v) is 16.2. The van der Waals surface area contributed by atoms with E-state index >= 15 is 8.78 Å². The molecule has 0 radical (unpaired) electrons. The third-order valence-corrected chi connectivity index (χ3v) is 8.67. The van der Waals surface area contributed by atoms with Crippen molar-refractivity contribution in [3.63, 3.8) is 0 Å². The van der Waals surface area contributed by atoms with Gasteiger partial charge in [-0.25, -0.2) is 19.4 Å². The van der Waals surface area contributed by atoms with Crippen LogP contribution in [-0.4, -0.2) is 94.4 Å². The van der Waals surface area contributed by atoms with Gasteiger partial charge in [0.15, 0.2) is 11.6 Å². The van der Waals surface area contributed by atoms with Crippen LogP contribution in [0.4, 0.5) is 40.8 Å². The number of hydrogen-bond acceptors (Lipinski definition) is 9. The lowest BCUT2D eigenvalue weighted by molar-refractivity contribution is -0.155. The molecule has 5 rings (SSSR count). The van der Waals surface area contributed by atoms with E-state index in [1.54, 1.807) is 13.8 Å². The van der Waals surface area contributed by atoms with Gasteiger partial charge in [0.25, 0.3) is 11.8 Å². The number of hydrogen-bond donors (Lipinski definition) is 2. The van der Waals surface area contributed by atoms with Crippen molar-refractivity contribution >= 4 is 17.5 Å². The molecule has 2 aliphatic rings. The van der Waals surface area contributed by atoms with Gasteiger partial charge in [-0.3, -0.25) is 19.5 Å². The third kappa shape index (κ3) is 8.68. The molecule has 19 heteroatoms. The summed E-state index contributed by atoms with van der Waals surface area (Å²) >= 11 is 0. The number of carbonyl (C=O) groups excluding carboxylic acids is 2. The fourth-order valence-electron chi connectivity index (χ4n) is 5.96. The second-order valence-corrected chi connectivity index (χ2v) is 12.5. The highest BCUT2D eigenvalue weighted by Crippen LogP contribution is 2.38. The Morgan fingerprint density at radius 2 is 1.72 bits per heavy atom. The molecule has 3 aromatic rings. The van der Waals surface area contributed by atoms with Gasteiger partial charge in [0.1, 0.15) is 30.0 Å². The average Bonchev–Trinajstić information content (AvgIpc) is 3.09. The van der Waals surface area contributed by atoms with Crippen molar-refractivity contribution in [1.29, 1.82) is 0 Å². The van der Waals surface area contributed by atoms with Crippen molar-refractivity contribution in [2.45, 2.75) is 38.8 Å². The summed E-state index contributed by atoms with van der Waals surface area (Å²) in [5.74, 6) is -6.82. The third-order valence-electron chi connectivity index (χ3n) is 8.67. The van der Waals surface area contributed by atoms with Gasteiger partial charge in [-0.2, -0.15) is 30.7 Å². The minimum Gasteiger partial charge on any atom is -0.510 e. The second kappa shape index (κ2) is 15.6. The first-order valence-electron chi connectivity index (χ1n) is 16.2. The zero-order valence-corrected chi connectivity index (χ0v) is 28.5. The topological polar surface area (TPSA) is 120 Å². The van der Waals surface area contributed by atoms with E-state index < -0.39 is 93.8 Å². The number of ether oxygens (including phenoxy) is 2. The minimum atomic E-state index is -4.99. The number of aromatic nitrogens is 2. The summed E-state index contributed by atoms with van der Waals surface area (Å²) in [5.41, 5.74) is -5.72. The number of morpholine rings is 1. The van der Waals surface area contributed by atoms with Crippen molar-refractivity contribution in [2.75, 3.05) is 51.8 Å². The molecule has 3 heterocycles. The van der Waals surface area contributed by atoms with E-state index in [4.69, 9.17) is 9.47 Å². The monoisotopic (exact) mass is 758 g/mol. The maximum absolute atomic E-state index is 15.4. The standard InChI is InChI=1S/C34H34F8N6O5/c1-18(2)29-30(49)26(31(50)45-22-6-5-20(33(37,38)39)14-21(22)23-15-25(34(40,41)42)44-17-43-23)32(51)48(46(29)3)16-19-4-7-24(28(36)27(19)35)53-13-10-47-8-11-52-12-9-47/h4-7,14-15,17-18,29,49H,8-13,16H2,1-3H3,(H,45,50). The Morgan fingerprint density at radius 1 is 1.02 bits per heavy atom. The molecule has 286 valence electrons. The molecule has 1 aromatic heterocycles. The van der Waals surface area contributed by atoms with E-state index in [2.05, 4.69) is 15.3 Å². The van der Waals surface area contributed by atoms with Crippen molar-refractivity contribution in [1.82, 2.24) is 24.9 Å². The summed E-state index contributed by atoms with van der Waals surface area (Å²) < 4.78 is 123. The van der Waals surface area contributed by atoms with Crippen LogP contribution in [0.2, 0.25) is 0 Å². The van der Waals surface area contributed by atoms with Crippen LogP contribution >= 0.6 is 0 Å². The van der Waals surface area contributed by atoms with E-state index in [0.717, 1.165) is 11.1 Å². The van der Waals surface area contributed by atoms with Crippen molar-refractivity contribution in [3.05, 3.63) is 82.5 Å². The number of hydrazine groups is 1. The summed E-state index contributed by atoms with van der Waals surface area (Å²) in [6, 6.07) is 3.43. The number of aliphatic hydroxyl groups excluding tert-OH is 1. The first kappa shape index (κ1) is 39.3. The predicted molar refractivity (Wildman–Crippen MR) is 172 cm³/mol. The molecule has 2 N–H and O–H groups in total. The molecular weight excluding hydrogens is 724 g/mol. The lowest BCUT2D eigenvalue weighted by Gasteiger charge is -2.43. The van der Waals surface area contributed by atoms with Gasteiger partial charge in [-0.15, -0.1) is 0 Å². The van der Waals surface area contributed by atoms with Gasteiger partial charge < -0.3 is 19.9 Å². The van der Waals surface area contributed by atoms with Gasteiger partial charge in [-0.05, 0) is 36.2 Å². The highest BCUT2D eigenvalue weighted by molar-refractivity contribution is 6.24. The predicted octanol–water partition coefficient (Wildman–Crippen LogP) is 5.83. The smallest absolute Gasteiger partial charge is 0.433 e. The molecule has 1 saturated heterocycles. The molecule has 1 fully saturated rings. The molecular formula is C34H34F8N6O5. The van der Waals surface area contributed by atoms with E-state index in [9.17, 15) is 41.0 Å². The highest BCUT2D eigenvalue weighted by atomic mass is 19.4. The Morgan fingerprint density at radius 3 is 2.36 bits per heavy atom. The number of amides is 2. The quantitative estimate of drug-likeness (QED) is 0.194. The largest absolute Gasteiger partial charge is 0.510 e. The van der Waals surface area contributed by atoms with Crippen LogP contribution in [0.5, 0.6) is 5.75 Å². The molecule has 0 aliphatic carbocycles. The van der Waals surface area contributed by atoms with Crippen LogP contribution in [0, 0.1) is 17.6 Å². The molecule has 0 bridgehead atoms. The van der Waals surface area contributed by atoms with Crippen LogP contribution in [0.3, 0.4) is 0 Å². The number of benzene rings is 2. The zero-order chi connectivity index (χ0) is 38.8. The fourth-order valence-corrected chi connectivity index (χ4v) is 5.96. The van der Waals surface area contributed by atoms with E-state index in [0.29, 0.717) is 57.4 Å². The number of halogens is 8. The van der Waals surface area contributed by atoms with Crippen LogP contribution in [-0.2, 0) is 33.2 Å². The molecule has 1 atom stereocenters. The van der Waals surface area contributed by atoms with Crippen molar-refractivity contribution < 1.29 is 59.3 Å². The summed E-state index contributed by atoms with van der Waals surface area (Å²) in [7, 11) is 1.37. The number of likely N-dealkylation sites (N-methyl/N-ethyl adjacent to an activating group) is 1. The minimum absolute atomic E-state index is 0.0586. The molecule has 2 aliphatic heterocycles. The van der Waals surface area contributed by atoms with Gasteiger partial charge >= 0.3 is 12.4 Å². The Hall–Kier alpha value is -4.88. The molecule has 2 aromatic carbocycles. The molecule has 2 amide bonds. The van der Waals surface area contributed by atoms with Crippen molar-refractivity contribution in [2.24, 2.45) is 5.92 Å². The highest BCUT2D eigenvalue weighted by Gasteiger charge is 2.43. The Kier molecular flexibility index (Phi) is 11.6. The van der Waals surface area contributed by atoms with Crippen molar-refractivity contribution in [3.8, 4) is 17.0 Å². The number of anilines is 1. The van der Waals surface area contributed by atoms with E-state index in [1.165, 1.54) is 24.2 Å². The van der Waals surface area contributed by atoms with E-state index in [-0.39, 0.29) is 17.9 Å². The fraction of sp³-hybridized carbons (Fsp3) is 0.412. The maximum atomic E-state index is 15.4. The molecule has 1 unspecified atom stereocenters. The Labute approximate surface area is 297 Å². The number of alkyl halides is 6. The van der Waals surface area contributed by atoms with Gasteiger partial charge in [-0.1, -0.05) is 19.9 Å². The summed E-state index contributed by atoms with van der Waals surface area (Å²) in [4.78, 5) is 36.4. The molecule has 0 saturated carbocycles. The van der Waals surface area contributed by atoms with Crippen LogP contribution in [0.1, 0.15) is 30.7 Å². The molecule has 0 spiro atoms. The zero-order valence-electron chi connectivity index (χ0n) is 28.5. The number of nitrogens with one attached hydrogen (secondary N) is 1. The van der Waals surface area contributed by atoms with Crippen LogP contribution in [0.25, 0.3) is 11.3 Å². The lowest BCUT2D eigenvalue weighted by Crippen LogP contribution is -2.57. The van der Waals surface area contributed by atoms with Gasteiger partial charge in [0, 0.05) is 37.8 Å². The maximum Gasteiger partial charge on any atom is 0.433 e.